The first-order chi connectivity index (χ1) is 7.07. The van der Waals surface area contributed by atoms with Gasteiger partial charge in [-0.25, -0.2) is 0 Å². The number of carbonyl (C=O) groups excluding carboxylic acids is 1. The van der Waals surface area contributed by atoms with E-state index < -0.39 is 0 Å². The van der Waals surface area contributed by atoms with Crippen LogP contribution in [0.3, 0.4) is 0 Å². The van der Waals surface area contributed by atoms with Gasteiger partial charge in [-0.3, -0.25) is 4.79 Å². The largest absolute Gasteiger partial charge is 0.355 e. The fraction of sp³-hybridized carbons (Fsp3) is 0.750. The van der Waals surface area contributed by atoms with Crippen LogP contribution in [0.2, 0.25) is 0 Å². The second-order valence-electron chi connectivity index (χ2n) is 4.12. The molecule has 0 aromatic rings. The number of hydrogen-bond donors (Lipinski definition) is 2. The second kappa shape index (κ2) is 8.31. The van der Waals surface area contributed by atoms with E-state index in [9.17, 15) is 4.79 Å². The number of nitrogens with two attached hydrogens (primary N) is 1. The summed E-state index contributed by atoms with van der Waals surface area (Å²) in [6, 6.07) is 0.0414. The van der Waals surface area contributed by atoms with Gasteiger partial charge in [0, 0.05) is 25.4 Å². The molecule has 1 atom stereocenters. The van der Waals surface area contributed by atoms with Gasteiger partial charge in [-0.2, -0.15) is 0 Å². The summed E-state index contributed by atoms with van der Waals surface area (Å²) in [6.07, 6.45) is 8.18. The zero-order valence-electron chi connectivity index (χ0n) is 9.75. The van der Waals surface area contributed by atoms with Crippen molar-refractivity contribution in [3.63, 3.8) is 0 Å². The van der Waals surface area contributed by atoms with Crippen LogP contribution in [0, 0.1) is 18.3 Å². The van der Waals surface area contributed by atoms with Gasteiger partial charge in [0.05, 0.1) is 0 Å². The average Bonchev–Trinajstić information content (AvgIpc) is 2.20. The van der Waals surface area contributed by atoms with Gasteiger partial charge in [0.25, 0.3) is 0 Å². The summed E-state index contributed by atoms with van der Waals surface area (Å²) in [6.45, 7) is 4.65. The number of terminal acetylenes is 1. The first kappa shape index (κ1) is 14.0. The molecule has 15 heavy (non-hydrogen) atoms. The van der Waals surface area contributed by atoms with Crippen LogP contribution in [-0.4, -0.2) is 18.5 Å². The highest BCUT2D eigenvalue weighted by Gasteiger charge is 2.08. The zero-order chi connectivity index (χ0) is 11.7. The Balaban J connectivity index is 3.46. The Bertz CT molecular complexity index is 218. The second-order valence-corrected chi connectivity index (χ2v) is 4.12. The highest BCUT2D eigenvalue weighted by Crippen LogP contribution is 1.99. The Kier molecular flexibility index (Phi) is 7.75. The first-order valence-corrected chi connectivity index (χ1v) is 5.53. The smallest absolute Gasteiger partial charge is 0.220 e. The standard InChI is InChI=1S/C12H22N2O/c1-4-5-6-7-8-12(15)14-9-11(13)10(2)3/h1,10-11H,5-9,13H2,2-3H3,(H,14,15). The molecule has 0 radical (unpaired) electrons. The maximum Gasteiger partial charge on any atom is 0.220 e. The monoisotopic (exact) mass is 210 g/mol. The van der Waals surface area contributed by atoms with Crippen molar-refractivity contribution < 1.29 is 4.79 Å². The summed E-state index contributed by atoms with van der Waals surface area (Å²) in [5.41, 5.74) is 5.80. The van der Waals surface area contributed by atoms with E-state index in [1.165, 1.54) is 0 Å². The van der Waals surface area contributed by atoms with Gasteiger partial charge in [-0.15, -0.1) is 12.3 Å². The Morgan fingerprint density at radius 2 is 2.13 bits per heavy atom. The topological polar surface area (TPSA) is 55.1 Å². The minimum atomic E-state index is 0.0414. The molecule has 1 unspecified atom stereocenters. The van der Waals surface area contributed by atoms with Crippen LogP contribution in [0.1, 0.15) is 39.5 Å². The van der Waals surface area contributed by atoms with Gasteiger partial charge in [0.2, 0.25) is 5.91 Å². The zero-order valence-corrected chi connectivity index (χ0v) is 9.75. The summed E-state index contributed by atoms with van der Waals surface area (Å²) in [5, 5.41) is 2.83. The Morgan fingerprint density at radius 3 is 2.67 bits per heavy atom. The summed E-state index contributed by atoms with van der Waals surface area (Å²) in [4.78, 5) is 11.3. The number of nitrogens with one attached hydrogen (secondary N) is 1. The normalized spacial score (nSPS) is 12.2. The number of unbranched alkanes of at least 4 members (excludes halogenated alkanes) is 2. The van der Waals surface area contributed by atoms with Gasteiger partial charge in [0.15, 0.2) is 0 Å². The van der Waals surface area contributed by atoms with Gasteiger partial charge in [-0.1, -0.05) is 13.8 Å². The van der Waals surface area contributed by atoms with E-state index in [0.29, 0.717) is 18.9 Å². The van der Waals surface area contributed by atoms with Crippen LogP contribution in [0.4, 0.5) is 0 Å². The molecule has 0 aliphatic rings. The lowest BCUT2D eigenvalue weighted by Gasteiger charge is -2.15. The highest BCUT2D eigenvalue weighted by atomic mass is 16.1. The van der Waals surface area contributed by atoms with Crippen molar-refractivity contribution in [2.24, 2.45) is 11.7 Å². The van der Waals surface area contributed by atoms with E-state index >= 15 is 0 Å². The van der Waals surface area contributed by atoms with Crippen LogP contribution < -0.4 is 11.1 Å². The van der Waals surface area contributed by atoms with Gasteiger partial charge in [0.1, 0.15) is 0 Å². The molecule has 0 spiro atoms. The Morgan fingerprint density at radius 1 is 1.47 bits per heavy atom. The molecule has 0 saturated carbocycles. The summed E-state index contributed by atoms with van der Waals surface area (Å²) >= 11 is 0. The van der Waals surface area contributed by atoms with Crippen molar-refractivity contribution in [1.29, 1.82) is 0 Å². The van der Waals surface area contributed by atoms with Crippen molar-refractivity contribution in [3.8, 4) is 12.3 Å². The molecule has 0 saturated heterocycles. The average molecular weight is 210 g/mol. The molecule has 86 valence electrons. The fourth-order valence-electron chi connectivity index (χ4n) is 1.07. The summed E-state index contributed by atoms with van der Waals surface area (Å²) < 4.78 is 0. The van der Waals surface area contributed by atoms with Crippen LogP contribution in [-0.2, 0) is 4.79 Å². The van der Waals surface area contributed by atoms with Crippen molar-refractivity contribution in [2.75, 3.05) is 6.54 Å². The molecule has 0 aliphatic carbocycles. The minimum absolute atomic E-state index is 0.0414. The maximum atomic E-state index is 11.3. The number of rotatable bonds is 7. The molecule has 0 aliphatic heterocycles. The van der Waals surface area contributed by atoms with Crippen LogP contribution in [0.15, 0.2) is 0 Å². The molecule has 3 heteroatoms. The number of hydrogen-bond acceptors (Lipinski definition) is 2. The molecule has 1 amide bonds. The number of amides is 1. The molecule has 3 nitrogen and oxygen atoms in total. The van der Waals surface area contributed by atoms with Gasteiger partial charge < -0.3 is 11.1 Å². The van der Waals surface area contributed by atoms with Crippen molar-refractivity contribution in [3.05, 3.63) is 0 Å². The quantitative estimate of drug-likeness (QED) is 0.491. The van der Waals surface area contributed by atoms with E-state index in [1.807, 2.05) is 13.8 Å². The first-order valence-electron chi connectivity index (χ1n) is 5.53. The molecular formula is C12H22N2O. The summed E-state index contributed by atoms with van der Waals surface area (Å²) in [5.74, 6) is 3.02. The third-order valence-electron chi connectivity index (χ3n) is 2.37. The molecule has 0 bridgehead atoms. The molecule has 0 rings (SSSR count). The van der Waals surface area contributed by atoms with Crippen molar-refractivity contribution in [2.45, 2.75) is 45.6 Å². The van der Waals surface area contributed by atoms with Gasteiger partial charge >= 0.3 is 0 Å². The van der Waals surface area contributed by atoms with Crippen LogP contribution >= 0.6 is 0 Å². The molecule has 0 aromatic heterocycles. The van der Waals surface area contributed by atoms with E-state index in [4.69, 9.17) is 12.2 Å². The lowest BCUT2D eigenvalue weighted by molar-refractivity contribution is -0.121. The van der Waals surface area contributed by atoms with Crippen molar-refractivity contribution in [1.82, 2.24) is 5.32 Å². The molecule has 0 heterocycles. The lowest BCUT2D eigenvalue weighted by atomic mass is 10.1. The third-order valence-corrected chi connectivity index (χ3v) is 2.37. The predicted molar refractivity (Wildman–Crippen MR) is 63.1 cm³/mol. The molecular weight excluding hydrogens is 188 g/mol. The Labute approximate surface area is 92.8 Å². The van der Waals surface area contributed by atoms with E-state index in [-0.39, 0.29) is 11.9 Å². The van der Waals surface area contributed by atoms with E-state index in [2.05, 4.69) is 11.2 Å². The summed E-state index contributed by atoms with van der Waals surface area (Å²) in [7, 11) is 0. The maximum absolute atomic E-state index is 11.3. The third kappa shape index (κ3) is 8.02. The van der Waals surface area contributed by atoms with E-state index in [0.717, 1.165) is 19.3 Å². The Hall–Kier alpha value is -1.01. The molecule has 0 fully saturated rings. The highest BCUT2D eigenvalue weighted by molar-refractivity contribution is 5.75. The van der Waals surface area contributed by atoms with Crippen molar-refractivity contribution >= 4 is 5.91 Å². The van der Waals surface area contributed by atoms with E-state index in [1.54, 1.807) is 0 Å². The lowest BCUT2D eigenvalue weighted by Crippen LogP contribution is -2.40. The minimum Gasteiger partial charge on any atom is -0.355 e. The van der Waals surface area contributed by atoms with Crippen LogP contribution in [0.25, 0.3) is 0 Å². The molecule has 3 N–H and O–H groups in total. The van der Waals surface area contributed by atoms with Crippen LogP contribution in [0.5, 0.6) is 0 Å². The SMILES string of the molecule is C#CCCCCC(=O)NCC(N)C(C)C. The predicted octanol–water partition coefficient (Wildman–Crippen LogP) is 1.28. The number of carbonyl (C=O) groups is 1. The molecule has 0 aromatic carbocycles. The fourth-order valence-corrected chi connectivity index (χ4v) is 1.07. The van der Waals surface area contributed by atoms with Gasteiger partial charge in [-0.05, 0) is 18.8 Å².